The van der Waals surface area contributed by atoms with Crippen LogP contribution in [0.25, 0.3) is 5.57 Å². The lowest BCUT2D eigenvalue weighted by molar-refractivity contribution is 1.21. The van der Waals surface area contributed by atoms with Crippen LogP contribution in [0.4, 0.5) is 0 Å². The minimum Gasteiger partial charge on any atom is -0.0763 e. The Balaban J connectivity index is 2.60. The summed E-state index contributed by atoms with van der Waals surface area (Å²) < 4.78 is 0. The molecule has 0 aliphatic heterocycles. The number of rotatable bonds is 3. The molecule has 2 rings (SSSR count). The predicted molar refractivity (Wildman–Crippen MR) is 89.2 cm³/mol. The molecule has 0 saturated carbocycles. The fraction of sp³-hybridized carbons (Fsp3) is 0.300. The highest BCUT2D eigenvalue weighted by Gasteiger charge is 2.09. The minimum absolute atomic E-state index is 1.05. The zero-order chi connectivity index (χ0) is 14.7. The zero-order valence-corrected chi connectivity index (χ0v) is 13.2. The Hall–Kier alpha value is -1.82. The van der Waals surface area contributed by atoms with Crippen molar-refractivity contribution < 1.29 is 0 Å². The molecular weight excluding hydrogens is 240 g/mol. The fourth-order valence-electron chi connectivity index (χ4n) is 2.54. The summed E-state index contributed by atoms with van der Waals surface area (Å²) in [4.78, 5) is 0. The van der Waals surface area contributed by atoms with Gasteiger partial charge in [0.1, 0.15) is 0 Å². The molecule has 0 nitrogen and oxygen atoms in total. The number of aryl methyl sites for hydroxylation is 3. The summed E-state index contributed by atoms with van der Waals surface area (Å²) in [6.07, 6.45) is 3.39. The number of benzene rings is 2. The molecule has 0 unspecified atom stereocenters. The molecule has 0 bridgehead atoms. The maximum absolute atomic E-state index is 2.34. The molecule has 0 saturated heterocycles. The van der Waals surface area contributed by atoms with Gasteiger partial charge in [0.15, 0.2) is 0 Å². The van der Waals surface area contributed by atoms with Gasteiger partial charge < -0.3 is 0 Å². The molecule has 20 heavy (non-hydrogen) atoms. The van der Waals surface area contributed by atoms with Gasteiger partial charge in [-0.1, -0.05) is 49.4 Å². The highest BCUT2D eigenvalue weighted by Crippen LogP contribution is 2.29. The second-order valence-electron chi connectivity index (χ2n) is 5.57. The van der Waals surface area contributed by atoms with Crippen LogP contribution in [0.15, 0.2) is 42.5 Å². The number of hydrogen-bond acceptors (Lipinski definition) is 0. The van der Waals surface area contributed by atoms with Crippen LogP contribution < -0.4 is 0 Å². The van der Waals surface area contributed by atoms with Crippen molar-refractivity contribution >= 4 is 5.57 Å². The van der Waals surface area contributed by atoms with Crippen LogP contribution in [0.2, 0.25) is 0 Å². The third kappa shape index (κ3) is 2.85. The van der Waals surface area contributed by atoms with Gasteiger partial charge in [-0.3, -0.25) is 0 Å². The van der Waals surface area contributed by atoms with Crippen molar-refractivity contribution in [3.8, 4) is 0 Å². The van der Waals surface area contributed by atoms with Crippen LogP contribution in [0.3, 0.4) is 0 Å². The predicted octanol–water partition coefficient (Wildman–Crippen LogP) is 5.76. The Morgan fingerprint density at radius 3 is 2.30 bits per heavy atom. The van der Waals surface area contributed by atoms with Crippen LogP contribution in [0.5, 0.6) is 0 Å². The summed E-state index contributed by atoms with van der Waals surface area (Å²) in [6, 6.07) is 13.3. The highest BCUT2D eigenvalue weighted by molar-refractivity contribution is 5.82. The summed E-state index contributed by atoms with van der Waals surface area (Å²) in [6.45, 7) is 11.0. The summed E-state index contributed by atoms with van der Waals surface area (Å²) in [5.74, 6) is 0. The van der Waals surface area contributed by atoms with Gasteiger partial charge in [-0.05, 0) is 73.1 Å². The van der Waals surface area contributed by atoms with E-state index in [0.29, 0.717) is 0 Å². The molecule has 0 N–H and O–H groups in total. The normalized spacial score (nSPS) is 11.8. The maximum Gasteiger partial charge on any atom is -0.0149 e. The Kier molecular flexibility index (Phi) is 4.44. The maximum atomic E-state index is 2.34. The van der Waals surface area contributed by atoms with Gasteiger partial charge in [0, 0.05) is 0 Å². The van der Waals surface area contributed by atoms with Gasteiger partial charge in [0.25, 0.3) is 0 Å². The van der Waals surface area contributed by atoms with E-state index in [1.165, 1.54) is 39.0 Å². The Labute approximate surface area is 123 Å². The molecule has 0 fully saturated rings. The van der Waals surface area contributed by atoms with Gasteiger partial charge in [0.05, 0.1) is 0 Å². The Morgan fingerprint density at radius 2 is 1.65 bits per heavy atom. The number of hydrogen-bond donors (Lipinski definition) is 0. The van der Waals surface area contributed by atoms with E-state index in [9.17, 15) is 0 Å². The first kappa shape index (κ1) is 14.6. The lowest BCUT2D eigenvalue weighted by Crippen LogP contribution is -1.95. The van der Waals surface area contributed by atoms with Gasteiger partial charge in [0.2, 0.25) is 0 Å². The van der Waals surface area contributed by atoms with Crippen molar-refractivity contribution in [2.75, 3.05) is 0 Å². The first-order valence-corrected chi connectivity index (χ1v) is 7.39. The third-order valence-corrected chi connectivity index (χ3v) is 4.12. The molecule has 0 radical (unpaired) electrons. The molecule has 0 heterocycles. The topological polar surface area (TPSA) is 0 Å². The Bertz CT molecular complexity index is 645. The van der Waals surface area contributed by atoms with Gasteiger partial charge in [-0.2, -0.15) is 0 Å². The summed E-state index contributed by atoms with van der Waals surface area (Å²) >= 11 is 0. The van der Waals surface area contributed by atoms with Crippen molar-refractivity contribution in [3.05, 3.63) is 75.9 Å². The highest BCUT2D eigenvalue weighted by atomic mass is 14.1. The third-order valence-electron chi connectivity index (χ3n) is 4.12. The molecule has 0 aromatic heterocycles. The molecule has 0 amide bonds. The average Bonchev–Trinajstić information content (AvgIpc) is 2.43. The van der Waals surface area contributed by atoms with Crippen molar-refractivity contribution in [2.24, 2.45) is 0 Å². The van der Waals surface area contributed by atoms with Crippen molar-refractivity contribution in [3.63, 3.8) is 0 Å². The second kappa shape index (κ2) is 6.09. The van der Waals surface area contributed by atoms with Gasteiger partial charge in [-0.25, -0.2) is 0 Å². The lowest BCUT2D eigenvalue weighted by Gasteiger charge is -2.14. The van der Waals surface area contributed by atoms with Gasteiger partial charge >= 0.3 is 0 Å². The lowest BCUT2D eigenvalue weighted by atomic mass is 9.90. The van der Waals surface area contributed by atoms with Crippen LogP contribution in [0, 0.1) is 27.7 Å². The molecule has 0 heteroatoms. The van der Waals surface area contributed by atoms with E-state index in [4.69, 9.17) is 0 Å². The molecule has 104 valence electrons. The first-order chi connectivity index (χ1) is 9.54. The van der Waals surface area contributed by atoms with E-state index in [1.54, 1.807) is 0 Å². The standard InChI is InChI=1S/C20H24/c1-6-8-20(18-12-11-14(2)16(4)13-18)19-10-7-9-15(3)17(19)5/h7-13H,6H2,1-5H3/b20-8-. The summed E-state index contributed by atoms with van der Waals surface area (Å²) in [5, 5.41) is 0. The summed E-state index contributed by atoms with van der Waals surface area (Å²) in [5.41, 5.74) is 9.48. The molecule has 2 aromatic rings. The molecular formula is C20H24. The first-order valence-electron chi connectivity index (χ1n) is 7.39. The molecule has 0 spiro atoms. The largest absolute Gasteiger partial charge is 0.0763 e. The van der Waals surface area contributed by atoms with Crippen molar-refractivity contribution in [1.82, 2.24) is 0 Å². The average molecular weight is 264 g/mol. The van der Waals surface area contributed by atoms with E-state index in [1.807, 2.05) is 0 Å². The molecule has 2 aromatic carbocycles. The quantitative estimate of drug-likeness (QED) is 0.661. The van der Waals surface area contributed by atoms with E-state index in [2.05, 4.69) is 77.1 Å². The zero-order valence-electron chi connectivity index (χ0n) is 13.2. The van der Waals surface area contributed by atoms with E-state index < -0.39 is 0 Å². The minimum atomic E-state index is 1.05. The fourth-order valence-corrected chi connectivity index (χ4v) is 2.54. The number of allylic oxidation sites excluding steroid dienone is 1. The van der Waals surface area contributed by atoms with E-state index in [0.717, 1.165) is 6.42 Å². The van der Waals surface area contributed by atoms with E-state index >= 15 is 0 Å². The van der Waals surface area contributed by atoms with E-state index in [-0.39, 0.29) is 0 Å². The SMILES string of the molecule is CC/C=C(/c1ccc(C)c(C)c1)c1cccc(C)c1C. The molecule has 0 atom stereocenters. The molecule has 0 aliphatic rings. The Morgan fingerprint density at radius 1 is 0.900 bits per heavy atom. The van der Waals surface area contributed by atoms with Crippen molar-refractivity contribution in [1.29, 1.82) is 0 Å². The van der Waals surface area contributed by atoms with Crippen LogP contribution in [-0.2, 0) is 0 Å². The van der Waals surface area contributed by atoms with Crippen LogP contribution in [0.1, 0.15) is 46.7 Å². The van der Waals surface area contributed by atoms with Crippen molar-refractivity contribution in [2.45, 2.75) is 41.0 Å². The monoisotopic (exact) mass is 264 g/mol. The van der Waals surface area contributed by atoms with Crippen LogP contribution >= 0.6 is 0 Å². The second-order valence-corrected chi connectivity index (χ2v) is 5.57. The summed E-state index contributed by atoms with van der Waals surface area (Å²) in [7, 11) is 0. The molecule has 0 aliphatic carbocycles. The smallest absolute Gasteiger partial charge is 0.0149 e. The van der Waals surface area contributed by atoms with Crippen LogP contribution in [-0.4, -0.2) is 0 Å². The van der Waals surface area contributed by atoms with Gasteiger partial charge in [-0.15, -0.1) is 0 Å².